The van der Waals surface area contributed by atoms with Crippen LogP contribution in [0.15, 0.2) is 59.5 Å². The third-order valence-electron chi connectivity index (χ3n) is 6.16. The van der Waals surface area contributed by atoms with Crippen molar-refractivity contribution in [1.29, 1.82) is 5.41 Å². The number of urea groups is 1. The van der Waals surface area contributed by atoms with Crippen LogP contribution in [0.25, 0.3) is 11.1 Å². The Morgan fingerprint density at radius 1 is 1.00 bits per heavy atom. The van der Waals surface area contributed by atoms with Gasteiger partial charge in [-0.3, -0.25) is 20.4 Å². The number of hydrogen-bond donors (Lipinski definition) is 7. The van der Waals surface area contributed by atoms with Gasteiger partial charge in [0.05, 0.1) is 5.56 Å². The van der Waals surface area contributed by atoms with E-state index in [0.29, 0.717) is 31.6 Å². The second kappa shape index (κ2) is 15.3. The SMILES string of the molecule is Cc1ccc(CCNC(=O)Nc2nc(=O)c(-c3ccc(CN(CCCN)CCCNC(=N)N)cc3)c[nH]2)cc1. The highest BCUT2D eigenvalue weighted by Gasteiger charge is 2.10. The maximum atomic E-state index is 12.7. The molecule has 11 nitrogen and oxygen atoms in total. The summed E-state index contributed by atoms with van der Waals surface area (Å²) in [5, 5.41) is 15.4. The van der Waals surface area contributed by atoms with Gasteiger partial charge in [-0.15, -0.1) is 0 Å². The van der Waals surface area contributed by atoms with Gasteiger partial charge in [0, 0.05) is 32.4 Å². The van der Waals surface area contributed by atoms with Crippen LogP contribution in [0.3, 0.4) is 0 Å². The number of aryl methyl sites for hydroxylation is 1. The van der Waals surface area contributed by atoms with Gasteiger partial charge in [-0.2, -0.15) is 4.98 Å². The normalized spacial score (nSPS) is 10.8. The molecule has 3 aromatic rings. The number of guanidine groups is 1. The summed E-state index contributed by atoms with van der Waals surface area (Å²) in [5.41, 5.74) is 15.2. The van der Waals surface area contributed by atoms with Crippen molar-refractivity contribution in [2.75, 3.05) is 38.0 Å². The van der Waals surface area contributed by atoms with Crippen LogP contribution in [0, 0.1) is 12.3 Å². The monoisotopic (exact) mass is 533 g/mol. The standard InChI is InChI=1S/C28H39N9O2/c1-20-4-6-21(7-5-20)12-15-33-28(39)36-27-34-18-24(25(38)35-27)23-10-8-22(9-11-23)19-37(16-2-13-29)17-3-14-32-26(30)31/h4-11,18H,2-3,12-17,19,29H2,1H3,(H4,30,31,32)(H3,33,34,35,36,38,39). The number of carbonyl (C=O) groups excluding carboxylic acids is 1. The van der Waals surface area contributed by atoms with Crippen molar-refractivity contribution in [3.05, 3.63) is 81.8 Å². The van der Waals surface area contributed by atoms with Crippen LogP contribution in [-0.4, -0.2) is 59.6 Å². The molecule has 0 aliphatic rings. The topological polar surface area (TPSA) is 178 Å². The molecule has 0 aliphatic carbocycles. The number of amides is 2. The number of carbonyl (C=O) groups is 1. The number of nitrogens with one attached hydrogen (secondary N) is 5. The molecule has 11 heteroatoms. The van der Waals surface area contributed by atoms with E-state index in [2.05, 4.69) is 30.8 Å². The minimum atomic E-state index is -0.432. The number of aromatic amines is 1. The second-order valence-electron chi connectivity index (χ2n) is 9.39. The van der Waals surface area contributed by atoms with E-state index in [1.165, 1.54) is 5.56 Å². The quantitative estimate of drug-likeness (QED) is 0.0942. The molecular formula is C28H39N9O2. The lowest BCUT2D eigenvalue weighted by molar-refractivity contribution is 0.252. The number of anilines is 1. The number of nitrogens with two attached hydrogens (primary N) is 2. The largest absolute Gasteiger partial charge is 0.370 e. The summed E-state index contributed by atoms with van der Waals surface area (Å²) in [4.78, 5) is 34.1. The van der Waals surface area contributed by atoms with Crippen molar-refractivity contribution in [2.24, 2.45) is 11.5 Å². The minimum absolute atomic E-state index is 0.0236. The molecule has 0 bridgehead atoms. The summed E-state index contributed by atoms with van der Waals surface area (Å²) in [6.45, 7) is 6.22. The minimum Gasteiger partial charge on any atom is -0.370 e. The molecule has 0 unspecified atom stereocenters. The van der Waals surface area contributed by atoms with Gasteiger partial charge in [-0.05, 0) is 56.0 Å². The number of aromatic nitrogens is 2. The lowest BCUT2D eigenvalue weighted by Gasteiger charge is -2.22. The van der Waals surface area contributed by atoms with Crippen LogP contribution < -0.4 is 33.0 Å². The average Bonchev–Trinajstić information content (AvgIpc) is 2.91. The number of hydrogen-bond acceptors (Lipinski definition) is 6. The first kappa shape index (κ1) is 29.3. The van der Waals surface area contributed by atoms with E-state index in [0.717, 1.165) is 49.2 Å². The van der Waals surface area contributed by atoms with Crippen molar-refractivity contribution in [1.82, 2.24) is 25.5 Å². The second-order valence-corrected chi connectivity index (χ2v) is 9.39. The van der Waals surface area contributed by atoms with E-state index < -0.39 is 11.6 Å². The zero-order valence-electron chi connectivity index (χ0n) is 22.4. The highest BCUT2D eigenvalue weighted by atomic mass is 16.2. The molecule has 0 atom stereocenters. The van der Waals surface area contributed by atoms with Gasteiger partial charge < -0.3 is 27.1 Å². The zero-order valence-corrected chi connectivity index (χ0v) is 22.4. The van der Waals surface area contributed by atoms with Gasteiger partial charge in [-0.25, -0.2) is 4.79 Å². The van der Waals surface area contributed by atoms with Gasteiger partial charge in [-0.1, -0.05) is 54.1 Å². The molecule has 3 rings (SSSR count). The van der Waals surface area contributed by atoms with Crippen molar-refractivity contribution in [2.45, 2.75) is 32.7 Å². The first-order valence-corrected chi connectivity index (χ1v) is 13.1. The number of rotatable bonds is 14. The highest BCUT2D eigenvalue weighted by Crippen LogP contribution is 2.17. The van der Waals surface area contributed by atoms with E-state index in [4.69, 9.17) is 16.9 Å². The van der Waals surface area contributed by atoms with Gasteiger partial charge >= 0.3 is 6.03 Å². The van der Waals surface area contributed by atoms with Crippen molar-refractivity contribution < 1.29 is 4.79 Å². The summed E-state index contributed by atoms with van der Waals surface area (Å²) in [6.07, 6.45) is 4.01. The van der Waals surface area contributed by atoms with Crippen molar-refractivity contribution in [3.63, 3.8) is 0 Å². The molecule has 1 aromatic heterocycles. The first-order chi connectivity index (χ1) is 18.8. The van der Waals surface area contributed by atoms with Gasteiger partial charge in [0.1, 0.15) is 0 Å². The molecule has 0 aliphatic heterocycles. The lowest BCUT2D eigenvalue weighted by Crippen LogP contribution is -2.34. The molecule has 0 radical (unpaired) electrons. The van der Waals surface area contributed by atoms with E-state index in [1.807, 2.05) is 55.5 Å². The summed E-state index contributed by atoms with van der Waals surface area (Å²) in [7, 11) is 0. The average molecular weight is 534 g/mol. The number of benzene rings is 2. The van der Waals surface area contributed by atoms with Gasteiger partial charge in [0.25, 0.3) is 5.56 Å². The maximum Gasteiger partial charge on any atom is 0.321 e. The Bertz CT molecular complexity index is 1260. The van der Waals surface area contributed by atoms with Crippen LogP contribution in [0.2, 0.25) is 0 Å². The van der Waals surface area contributed by atoms with Gasteiger partial charge in [0.15, 0.2) is 5.96 Å². The van der Waals surface area contributed by atoms with Crippen LogP contribution >= 0.6 is 0 Å². The molecule has 2 aromatic carbocycles. The molecule has 0 saturated carbocycles. The Kier molecular flexibility index (Phi) is 11.5. The van der Waals surface area contributed by atoms with Crippen molar-refractivity contribution >= 4 is 17.9 Å². The molecule has 39 heavy (non-hydrogen) atoms. The lowest BCUT2D eigenvalue weighted by atomic mass is 10.1. The third-order valence-corrected chi connectivity index (χ3v) is 6.16. The Morgan fingerprint density at radius 3 is 2.36 bits per heavy atom. The predicted octanol–water partition coefficient (Wildman–Crippen LogP) is 2.13. The van der Waals surface area contributed by atoms with Gasteiger partial charge in [0.2, 0.25) is 5.95 Å². The fraction of sp³-hybridized carbons (Fsp3) is 0.357. The number of nitrogens with zero attached hydrogens (tertiary/aromatic N) is 2. The summed E-state index contributed by atoms with van der Waals surface area (Å²) in [5.74, 6) is 0.0625. The molecule has 0 spiro atoms. The Morgan fingerprint density at radius 2 is 1.69 bits per heavy atom. The smallest absolute Gasteiger partial charge is 0.321 e. The molecule has 0 saturated heterocycles. The summed E-state index contributed by atoms with van der Waals surface area (Å²) >= 11 is 0. The van der Waals surface area contributed by atoms with E-state index in [9.17, 15) is 9.59 Å². The molecule has 0 fully saturated rings. The molecule has 208 valence electrons. The fourth-order valence-electron chi connectivity index (χ4n) is 4.05. The molecule has 1 heterocycles. The Labute approximate surface area is 228 Å². The Balaban J connectivity index is 1.52. The molecule has 2 amide bonds. The summed E-state index contributed by atoms with van der Waals surface area (Å²) < 4.78 is 0. The van der Waals surface area contributed by atoms with Crippen LogP contribution in [0.5, 0.6) is 0 Å². The van der Waals surface area contributed by atoms with E-state index in [-0.39, 0.29) is 11.9 Å². The third kappa shape index (κ3) is 10.2. The highest BCUT2D eigenvalue weighted by molar-refractivity contribution is 5.87. The van der Waals surface area contributed by atoms with E-state index >= 15 is 0 Å². The fourth-order valence-corrected chi connectivity index (χ4v) is 4.05. The molecule has 9 N–H and O–H groups in total. The summed E-state index contributed by atoms with van der Waals surface area (Å²) in [6, 6.07) is 15.5. The first-order valence-electron chi connectivity index (χ1n) is 13.1. The van der Waals surface area contributed by atoms with Crippen molar-refractivity contribution in [3.8, 4) is 11.1 Å². The van der Waals surface area contributed by atoms with Crippen LogP contribution in [-0.2, 0) is 13.0 Å². The Hall–Kier alpha value is -4.22. The zero-order chi connectivity index (χ0) is 28.0. The number of H-pyrrole nitrogens is 1. The predicted molar refractivity (Wildman–Crippen MR) is 156 cm³/mol. The van der Waals surface area contributed by atoms with Crippen LogP contribution in [0.4, 0.5) is 10.7 Å². The maximum absolute atomic E-state index is 12.7. The van der Waals surface area contributed by atoms with Crippen LogP contribution in [0.1, 0.15) is 29.5 Å². The van der Waals surface area contributed by atoms with E-state index in [1.54, 1.807) is 6.20 Å². The molecular weight excluding hydrogens is 494 g/mol.